The zero-order valence-corrected chi connectivity index (χ0v) is 14.0. The summed E-state index contributed by atoms with van der Waals surface area (Å²) in [5.41, 5.74) is -2.23. The second kappa shape index (κ2) is 5.72. The van der Waals surface area contributed by atoms with E-state index in [0.717, 1.165) is 0 Å². The molecule has 7 heteroatoms. The van der Waals surface area contributed by atoms with Gasteiger partial charge in [0.15, 0.2) is 11.4 Å². The fourth-order valence-electron chi connectivity index (χ4n) is 3.00. The number of carbonyl (C=O) groups is 1. The molecule has 2 aliphatic rings. The highest BCUT2D eigenvalue weighted by molar-refractivity contribution is 6.06. The van der Waals surface area contributed by atoms with Gasteiger partial charge in [-0.25, -0.2) is 4.79 Å². The standard InChI is InChI=1S/C18H18O7/c1-8-4-10-11(6-12-14(19)5-9(2)25-17(12)22)15(20)18(3,23)16(21)13(10)7-24-8/h4-5,7,16,19,21,23H,6H2,1-3H3. The van der Waals surface area contributed by atoms with Crippen molar-refractivity contribution in [2.75, 3.05) is 0 Å². The number of aromatic hydroxyl groups is 1. The molecule has 1 aromatic heterocycles. The number of aliphatic hydroxyl groups is 2. The first kappa shape index (κ1) is 17.2. The fourth-order valence-corrected chi connectivity index (χ4v) is 3.00. The van der Waals surface area contributed by atoms with Crippen LogP contribution in [0.15, 0.2) is 50.1 Å². The first-order chi connectivity index (χ1) is 11.6. The van der Waals surface area contributed by atoms with Crippen LogP contribution in [0.3, 0.4) is 0 Å². The number of carbonyl (C=O) groups excluding carboxylic acids is 1. The number of aliphatic hydroxyl groups excluding tert-OH is 1. The lowest BCUT2D eigenvalue weighted by molar-refractivity contribution is -0.141. The Balaban J connectivity index is 2.20. The SMILES string of the molecule is CC1=CC2=C(Cc3c(O)cc(C)oc3=O)C(=O)C(C)(O)C(O)C2=CO1. The maximum absolute atomic E-state index is 12.7. The van der Waals surface area contributed by atoms with Crippen molar-refractivity contribution >= 4 is 5.78 Å². The summed E-state index contributed by atoms with van der Waals surface area (Å²) < 4.78 is 10.2. The van der Waals surface area contributed by atoms with Gasteiger partial charge >= 0.3 is 5.63 Å². The van der Waals surface area contributed by atoms with Crippen LogP contribution >= 0.6 is 0 Å². The molecule has 0 bridgehead atoms. The summed E-state index contributed by atoms with van der Waals surface area (Å²) in [4.78, 5) is 24.8. The van der Waals surface area contributed by atoms with Crippen molar-refractivity contribution in [3.63, 3.8) is 0 Å². The molecule has 1 aliphatic heterocycles. The van der Waals surface area contributed by atoms with Gasteiger partial charge in [0.1, 0.15) is 23.4 Å². The monoisotopic (exact) mass is 346 g/mol. The molecule has 0 fully saturated rings. The zero-order chi connectivity index (χ0) is 18.5. The van der Waals surface area contributed by atoms with Crippen LogP contribution in [0.4, 0.5) is 0 Å². The summed E-state index contributed by atoms with van der Waals surface area (Å²) in [5, 5.41) is 30.8. The average molecular weight is 346 g/mol. The van der Waals surface area contributed by atoms with E-state index in [4.69, 9.17) is 9.15 Å². The van der Waals surface area contributed by atoms with Gasteiger partial charge in [-0.3, -0.25) is 4.79 Å². The number of aryl methyl sites for hydroxylation is 1. The molecule has 3 N–H and O–H groups in total. The highest BCUT2D eigenvalue weighted by Crippen LogP contribution is 2.39. The largest absolute Gasteiger partial charge is 0.507 e. The maximum Gasteiger partial charge on any atom is 0.343 e. The second-order valence-electron chi connectivity index (χ2n) is 6.40. The minimum Gasteiger partial charge on any atom is -0.507 e. The number of ketones is 1. The third kappa shape index (κ3) is 2.71. The topological polar surface area (TPSA) is 117 Å². The molecule has 0 saturated heterocycles. The molecule has 2 heterocycles. The number of rotatable bonds is 2. The van der Waals surface area contributed by atoms with Crippen molar-refractivity contribution in [2.24, 2.45) is 0 Å². The van der Waals surface area contributed by atoms with Gasteiger partial charge in [0.25, 0.3) is 0 Å². The number of Topliss-reactive ketones (excluding diaryl/α,β-unsaturated/α-hetero) is 1. The Morgan fingerprint density at radius 2 is 1.96 bits per heavy atom. The fraction of sp³-hybridized carbons (Fsp3) is 0.333. The number of fused-ring (bicyclic) bond motifs is 1. The number of hydrogen-bond acceptors (Lipinski definition) is 7. The van der Waals surface area contributed by atoms with Crippen molar-refractivity contribution in [3.05, 3.63) is 62.6 Å². The van der Waals surface area contributed by atoms with E-state index in [2.05, 4.69) is 0 Å². The third-order valence-electron chi connectivity index (χ3n) is 4.42. The van der Waals surface area contributed by atoms with Crippen molar-refractivity contribution in [2.45, 2.75) is 38.9 Å². The van der Waals surface area contributed by atoms with Crippen molar-refractivity contribution in [1.29, 1.82) is 0 Å². The van der Waals surface area contributed by atoms with E-state index < -0.39 is 23.1 Å². The van der Waals surface area contributed by atoms with Crippen LogP contribution in [0.25, 0.3) is 0 Å². The van der Waals surface area contributed by atoms with E-state index in [1.54, 1.807) is 13.0 Å². The highest BCUT2D eigenvalue weighted by Gasteiger charge is 2.48. The quantitative estimate of drug-likeness (QED) is 0.731. The average Bonchev–Trinajstić information content (AvgIpc) is 2.52. The Morgan fingerprint density at radius 1 is 1.28 bits per heavy atom. The molecule has 0 saturated carbocycles. The number of allylic oxidation sites excluding steroid dienone is 2. The molecule has 0 radical (unpaired) electrons. The van der Waals surface area contributed by atoms with E-state index in [1.165, 1.54) is 26.2 Å². The molecular formula is C18H18O7. The Hall–Kier alpha value is -2.64. The van der Waals surface area contributed by atoms with Crippen molar-refractivity contribution in [1.82, 2.24) is 0 Å². The van der Waals surface area contributed by atoms with Gasteiger partial charge in [-0.1, -0.05) is 0 Å². The van der Waals surface area contributed by atoms with Gasteiger partial charge in [-0.05, 0) is 32.4 Å². The van der Waals surface area contributed by atoms with Gasteiger partial charge in [0.05, 0.1) is 11.8 Å². The van der Waals surface area contributed by atoms with Gasteiger partial charge in [0, 0.05) is 23.6 Å². The summed E-state index contributed by atoms with van der Waals surface area (Å²) in [6.45, 7) is 4.38. The summed E-state index contributed by atoms with van der Waals surface area (Å²) in [5.74, 6) is -0.294. The molecule has 1 aromatic rings. The lowest BCUT2D eigenvalue weighted by Crippen LogP contribution is -2.52. The molecule has 0 aromatic carbocycles. The molecule has 0 spiro atoms. The minimum absolute atomic E-state index is 0.0921. The summed E-state index contributed by atoms with van der Waals surface area (Å²) in [7, 11) is 0. The predicted octanol–water partition coefficient (Wildman–Crippen LogP) is 1.01. The van der Waals surface area contributed by atoms with E-state index in [1.807, 2.05) is 0 Å². The van der Waals surface area contributed by atoms with Crippen LogP contribution in [0.1, 0.15) is 25.2 Å². The van der Waals surface area contributed by atoms with Gasteiger partial charge < -0.3 is 24.5 Å². The molecule has 2 atom stereocenters. The molecule has 132 valence electrons. The van der Waals surface area contributed by atoms with Crippen molar-refractivity contribution < 1.29 is 29.3 Å². The maximum atomic E-state index is 12.7. The molecular weight excluding hydrogens is 328 g/mol. The van der Waals surface area contributed by atoms with Crippen LogP contribution in [-0.2, 0) is 16.0 Å². The van der Waals surface area contributed by atoms with Gasteiger partial charge in [-0.15, -0.1) is 0 Å². The van der Waals surface area contributed by atoms with Gasteiger partial charge in [0.2, 0.25) is 0 Å². The molecule has 1 aliphatic carbocycles. The minimum atomic E-state index is -2.08. The Kier molecular flexibility index (Phi) is 3.93. The van der Waals surface area contributed by atoms with Crippen LogP contribution in [0.2, 0.25) is 0 Å². The Bertz CT molecular complexity index is 912. The van der Waals surface area contributed by atoms with Crippen LogP contribution in [-0.4, -0.2) is 32.8 Å². The lowest BCUT2D eigenvalue weighted by Gasteiger charge is -2.37. The van der Waals surface area contributed by atoms with Crippen LogP contribution in [0.5, 0.6) is 5.75 Å². The molecule has 3 rings (SSSR count). The number of ether oxygens (including phenoxy) is 1. The Labute approximate surface area is 143 Å². The van der Waals surface area contributed by atoms with E-state index in [0.29, 0.717) is 11.3 Å². The van der Waals surface area contributed by atoms with Crippen molar-refractivity contribution in [3.8, 4) is 5.75 Å². The first-order valence-electron chi connectivity index (χ1n) is 7.69. The highest BCUT2D eigenvalue weighted by atomic mass is 16.5. The third-order valence-corrected chi connectivity index (χ3v) is 4.42. The summed E-state index contributed by atoms with van der Waals surface area (Å²) in [6.07, 6.45) is 1.11. The summed E-state index contributed by atoms with van der Waals surface area (Å²) in [6, 6.07) is 1.28. The normalized spacial score (nSPS) is 26.0. The van der Waals surface area contributed by atoms with E-state index in [-0.39, 0.29) is 34.6 Å². The molecule has 2 unspecified atom stereocenters. The molecule has 25 heavy (non-hydrogen) atoms. The van der Waals surface area contributed by atoms with E-state index in [9.17, 15) is 24.9 Å². The lowest BCUT2D eigenvalue weighted by atomic mass is 9.73. The summed E-state index contributed by atoms with van der Waals surface area (Å²) >= 11 is 0. The number of hydrogen-bond donors (Lipinski definition) is 3. The first-order valence-corrected chi connectivity index (χ1v) is 7.69. The van der Waals surface area contributed by atoms with Crippen LogP contribution < -0.4 is 5.63 Å². The molecule has 0 amide bonds. The van der Waals surface area contributed by atoms with E-state index >= 15 is 0 Å². The second-order valence-corrected chi connectivity index (χ2v) is 6.40. The zero-order valence-electron chi connectivity index (χ0n) is 14.0. The molecule has 7 nitrogen and oxygen atoms in total. The van der Waals surface area contributed by atoms with Crippen LogP contribution in [0, 0.1) is 6.92 Å². The van der Waals surface area contributed by atoms with Gasteiger partial charge in [-0.2, -0.15) is 0 Å². The Morgan fingerprint density at radius 3 is 2.60 bits per heavy atom. The predicted molar refractivity (Wildman–Crippen MR) is 86.7 cm³/mol. The smallest absolute Gasteiger partial charge is 0.343 e.